The van der Waals surface area contributed by atoms with Gasteiger partial charge in [0.15, 0.2) is 0 Å². The van der Waals surface area contributed by atoms with Gasteiger partial charge < -0.3 is 0 Å². The molecule has 0 bridgehead atoms. The van der Waals surface area contributed by atoms with Gasteiger partial charge in [-0.25, -0.2) is 0 Å². The molecule has 0 radical (unpaired) electrons. The molecule has 0 fully saturated rings. The summed E-state index contributed by atoms with van der Waals surface area (Å²) in [6.45, 7) is 0. The third kappa shape index (κ3) is 1.60. The zero-order chi connectivity index (χ0) is 10.1. The van der Waals surface area contributed by atoms with Gasteiger partial charge in [0.2, 0.25) is 0 Å². The van der Waals surface area contributed by atoms with Gasteiger partial charge in [-0.05, 0) is 0 Å². The molecular formula is C12H9NOSe. The molecule has 3 rings (SSSR count). The van der Waals surface area contributed by atoms with Crippen LogP contribution in [0.15, 0.2) is 52.0 Å². The molecule has 1 N–H and O–H groups in total. The summed E-state index contributed by atoms with van der Waals surface area (Å²) in [5.74, 6) is 0.889. The van der Waals surface area contributed by atoms with E-state index in [2.05, 4.69) is 34.2 Å². The summed E-state index contributed by atoms with van der Waals surface area (Å²) in [5.41, 5.74) is 2.24. The minimum atomic E-state index is 0.477. The number of aromatic nitrogens is 1. The molecule has 3 aromatic rings. The van der Waals surface area contributed by atoms with E-state index in [1.807, 2.05) is 12.1 Å². The molecule has 0 unspecified atom stereocenters. The summed E-state index contributed by atoms with van der Waals surface area (Å²) >= 11 is 0.477. The summed E-state index contributed by atoms with van der Waals surface area (Å²) in [4.78, 5) is 5.59. The molecule has 0 spiro atoms. The number of H-pyrrole nitrogens is 1. The SMILES string of the molecule is c1coc(-c2ccc(-c3ccc[se]3)[nH]2)c1. The van der Waals surface area contributed by atoms with Crippen LogP contribution in [-0.4, -0.2) is 19.5 Å². The number of furan rings is 1. The molecule has 0 saturated carbocycles. The molecule has 0 amide bonds. The van der Waals surface area contributed by atoms with E-state index in [0.29, 0.717) is 14.5 Å². The standard InChI is InChI=1S/C12H9NOSe/c1-3-11(14-7-1)9-5-6-10(13-9)12-4-2-8-15-12/h1-8,13H. The van der Waals surface area contributed by atoms with Crippen LogP contribution in [0.25, 0.3) is 21.6 Å². The molecule has 3 heteroatoms. The Morgan fingerprint density at radius 2 is 1.93 bits per heavy atom. The normalized spacial score (nSPS) is 10.7. The Bertz CT molecular complexity index is 485. The van der Waals surface area contributed by atoms with E-state index >= 15 is 0 Å². The maximum atomic E-state index is 5.33. The van der Waals surface area contributed by atoms with Crippen LogP contribution in [0.5, 0.6) is 0 Å². The van der Waals surface area contributed by atoms with Crippen LogP contribution in [0, 0.1) is 0 Å². The first kappa shape index (κ1) is 8.83. The van der Waals surface area contributed by atoms with Gasteiger partial charge in [-0.15, -0.1) is 0 Å². The number of rotatable bonds is 2. The predicted molar refractivity (Wildman–Crippen MR) is 60.9 cm³/mol. The van der Waals surface area contributed by atoms with E-state index in [1.54, 1.807) is 6.26 Å². The first-order chi connectivity index (χ1) is 7.43. The molecule has 15 heavy (non-hydrogen) atoms. The molecule has 0 saturated heterocycles. The van der Waals surface area contributed by atoms with Gasteiger partial charge in [0, 0.05) is 0 Å². The molecule has 0 aliphatic carbocycles. The summed E-state index contributed by atoms with van der Waals surface area (Å²) in [7, 11) is 0. The van der Waals surface area contributed by atoms with Crippen molar-refractivity contribution in [2.24, 2.45) is 0 Å². The second-order valence-corrected chi connectivity index (χ2v) is 5.23. The fraction of sp³-hybridized carbons (Fsp3) is 0. The fourth-order valence-electron chi connectivity index (χ4n) is 1.55. The monoisotopic (exact) mass is 263 g/mol. The van der Waals surface area contributed by atoms with Crippen LogP contribution < -0.4 is 0 Å². The number of nitrogens with one attached hydrogen (secondary N) is 1. The Morgan fingerprint density at radius 3 is 2.67 bits per heavy atom. The van der Waals surface area contributed by atoms with E-state index in [1.165, 1.54) is 10.1 Å². The summed E-state index contributed by atoms with van der Waals surface area (Å²) < 4.78 is 6.72. The van der Waals surface area contributed by atoms with Crippen LogP contribution in [-0.2, 0) is 0 Å². The zero-order valence-electron chi connectivity index (χ0n) is 7.94. The van der Waals surface area contributed by atoms with Crippen LogP contribution in [0.2, 0.25) is 0 Å². The van der Waals surface area contributed by atoms with Gasteiger partial charge in [0.05, 0.1) is 0 Å². The molecule has 0 atom stereocenters. The van der Waals surface area contributed by atoms with Gasteiger partial charge in [0.25, 0.3) is 0 Å². The predicted octanol–water partition coefficient (Wildman–Crippen LogP) is 3.00. The Balaban J connectivity index is 2.02. The quantitative estimate of drug-likeness (QED) is 0.707. The van der Waals surface area contributed by atoms with Crippen LogP contribution >= 0.6 is 0 Å². The summed E-state index contributed by atoms with van der Waals surface area (Å²) in [5, 5.41) is 0. The van der Waals surface area contributed by atoms with Crippen LogP contribution in [0.3, 0.4) is 0 Å². The fourth-order valence-corrected chi connectivity index (χ4v) is 3.03. The second kappa shape index (κ2) is 3.61. The Hall–Kier alpha value is -1.44. The van der Waals surface area contributed by atoms with Crippen LogP contribution in [0.4, 0.5) is 0 Å². The van der Waals surface area contributed by atoms with Crippen molar-refractivity contribution in [3.63, 3.8) is 0 Å². The Labute approximate surface area is 93.3 Å². The van der Waals surface area contributed by atoms with Crippen molar-refractivity contribution in [3.05, 3.63) is 47.6 Å². The van der Waals surface area contributed by atoms with Crippen molar-refractivity contribution in [1.29, 1.82) is 0 Å². The van der Waals surface area contributed by atoms with Gasteiger partial charge in [-0.3, -0.25) is 0 Å². The third-order valence-electron chi connectivity index (χ3n) is 2.26. The first-order valence-corrected chi connectivity index (χ1v) is 6.55. The number of aromatic amines is 1. The second-order valence-electron chi connectivity index (χ2n) is 3.24. The molecule has 2 nitrogen and oxygen atoms in total. The third-order valence-corrected chi connectivity index (χ3v) is 4.15. The van der Waals surface area contributed by atoms with Gasteiger partial charge in [-0.1, -0.05) is 0 Å². The van der Waals surface area contributed by atoms with E-state index in [-0.39, 0.29) is 0 Å². The average Bonchev–Trinajstić information content (AvgIpc) is 3.02. The summed E-state index contributed by atoms with van der Waals surface area (Å²) in [6.07, 6.45) is 1.69. The Morgan fingerprint density at radius 1 is 1.00 bits per heavy atom. The van der Waals surface area contributed by atoms with E-state index in [9.17, 15) is 0 Å². The molecule has 0 aliphatic rings. The van der Waals surface area contributed by atoms with Crippen LogP contribution in [0.1, 0.15) is 0 Å². The molecule has 0 aliphatic heterocycles. The Kier molecular flexibility index (Phi) is 2.13. The molecule has 3 aromatic heterocycles. The number of hydrogen-bond donors (Lipinski definition) is 1. The average molecular weight is 262 g/mol. The first-order valence-electron chi connectivity index (χ1n) is 4.70. The van der Waals surface area contributed by atoms with Gasteiger partial charge in [-0.2, -0.15) is 0 Å². The number of hydrogen-bond acceptors (Lipinski definition) is 1. The van der Waals surface area contributed by atoms with E-state index in [0.717, 1.165) is 11.5 Å². The maximum absolute atomic E-state index is 5.33. The van der Waals surface area contributed by atoms with Crippen molar-refractivity contribution in [3.8, 4) is 21.6 Å². The van der Waals surface area contributed by atoms with Gasteiger partial charge in [0.1, 0.15) is 0 Å². The molecular weight excluding hydrogens is 253 g/mol. The summed E-state index contributed by atoms with van der Waals surface area (Å²) in [6, 6.07) is 12.3. The topological polar surface area (TPSA) is 28.9 Å². The molecule has 74 valence electrons. The van der Waals surface area contributed by atoms with Crippen molar-refractivity contribution in [2.45, 2.75) is 0 Å². The van der Waals surface area contributed by atoms with Crippen molar-refractivity contribution >= 4 is 14.5 Å². The van der Waals surface area contributed by atoms with E-state index in [4.69, 9.17) is 4.42 Å². The molecule has 0 aromatic carbocycles. The zero-order valence-corrected chi connectivity index (χ0v) is 9.65. The van der Waals surface area contributed by atoms with Gasteiger partial charge >= 0.3 is 93.1 Å². The van der Waals surface area contributed by atoms with Crippen molar-refractivity contribution in [2.75, 3.05) is 0 Å². The van der Waals surface area contributed by atoms with Crippen molar-refractivity contribution < 1.29 is 4.42 Å². The minimum absolute atomic E-state index is 0.477. The van der Waals surface area contributed by atoms with E-state index < -0.39 is 0 Å². The van der Waals surface area contributed by atoms with Crippen molar-refractivity contribution in [1.82, 2.24) is 4.98 Å². The molecule has 3 heterocycles.